The molecule has 22 heavy (non-hydrogen) atoms. The molecule has 0 radical (unpaired) electrons. The van der Waals surface area contributed by atoms with Crippen molar-refractivity contribution < 1.29 is 39.9 Å². The molecule has 5 N–H and O–H groups in total. The lowest BCUT2D eigenvalue weighted by Gasteiger charge is -2.23. The van der Waals surface area contributed by atoms with Gasteiger partial charge in [-0.1, -0.05) is 32.6 Å². The van der Waals surface area contributed by atoms with Gasteiger partial charge in [0.15, 0.2) is 6.10 Å². The lowest BCUT2D eigenvalue weighted by atomic mass is 9.96. The van der Waals surface area contributed by atoms with Gasteiger partial charge in [0, 0.05) is 6.42 Å². The van der Waals surface area contributed by atoms with Crippen LogP contribution in [0.3, 0.4) is 0 Å². The molecule has 0 amide bonds. The number of rotatable bonds is 12. The minimum Gasteiger partial charge on any atom is -0.479 e. The van der Waals surface area contributed by atoms with Gasteiger partial charge in [-0.25, -0.2) is 4.79 Å². The summed E-state index contributed by atoms with van der Waals surface area (Å²) in [6.07, 6.45) is -5.09. The van der Waals surface area contributed by atoms with E-state index in [1.807, 2.05) is 6.92 Å². The molecule has 4 unspecified atom stereocenters. The van der Waals surface area contributed by atoms with Gasteiger partial charge >= 0.3 is 5.97 Å². The molecule has 0 fully saturated rings. The minimum absolute atomic E-state index is 0.0933. The van der Waals surface area contributed by atoms with Crippen molar-refractivity contribution in [2.24, 2.45) is 0 Å². The molecular weight excluding hydrogens is 296 g/mol. The molecule has 4 atom stereocenters. The molecule has 0 spiro atoms. The predicted molar refractivity (Wildman–Crippen MR) is 75.1 cm³/mol. The maximum Gasteiger partial charge on any atom is 0.335 e. The molecule has 0 aromatic rings. The summed E-state index contributed by atoms with van der Waals surface area (Å²) >= 11 is 0. The number of hydrogen-bond acceptors (Lipinski definition) is 7. The van der Waals surface area contributed by atoms with Crippen LogP contribution in [0.1, 0.15) is 45.4 Å². The number of ketones is 2. The molecule has 0 rings (SSSR count). The molecule has 0 saturated heterocycles. The van der Waals surface area contributed by atoms with Gasteiger partial charge in [0.25, 0.3) is 0 Å². The third-order valence-corrected chi connectivity index (χ3v) is 3.30. The zero-order valence-corrected chi connectivity index (χ0v) is 12.5. The highest BCUT2D eigenvalue weighted by atomic mass is 16.4. The van der Waals surface area contributed by atoms with Gasteiger partial charge in [0.1, 0.15) is 18.3 Å². The van der Waals surface area contributed by atoms with Gasteiger partial charge in [0.05, 0.1) is 0 Å². The number of hydrogen-bond donors (Lipinski definition) is 5. The van der Waals surface area contributed by atoms with E-state index < -0.39 is 42.0 Å². The van der Waals surface area contributed by atoms with Crippen LogP contribution in [-0.2, 0) is 14.4 Å². The third-order valence-electron chi connectivity index (χ3n) is 3.30. The Labute approximate surface area is 128 Å². The van der Waals surface area contributed by atoms with Crippen LogP contribution in [0.5, 0.6) is 0 Å². The van der Waals surface area contributed by atoms with Crippen molar-refractivity contribution in [3.05, 3.63) is 0 Å². The zero-order chi connectivity index (χ0) is 17.3. The van der Waals surface area contributed by atoms with Crippen molar-refractivity contribution in [3.8, 4) is 0 Å². The van der Waals surface area contributed by atoms with Crippen LogP contribution < -0.4 is 0 Å². The number of aliphatic carboxylic acids is 1. The first-order valence-electron chi connectivity index (χ1n) is 7.26. The first-order valence-corrected chi connectivity index (χ1v) is 7.26. The molecule has 0 aliphatic heterocycles. The van der Waals surface area contributed by atoms with E-state index in [4.69, 9.17) is 10.2 Å². The summed E-state index contributed by atoms with van der Waals surface area (Å²) in [5, 5.41) is 45.8. The Hall–Kier alpha value is -1.35. The summed E-state index contributed by atoms with van der Waals surface area (Å²) in [7, 11) is 0. The number of aliphatic hydroxyl groups excluding tert-OH is 4. The summed E-state index contributed by atoms with van der Waals surface area (Å²) < 4.78 is 0. The monoisotopic (exact) mass is 320 g/mol. The van der Waals surface area contributed by atoms with Gasteiger partial charge in [-0.3, -0.25) is 9.59 Å². The number of carboxylic acids is 1. The van der Waals surface area contributed by atoms with Crippen molar-refractivity contribution in [1.29, 1.82) is 0 Å². The molecule has 0 aromatic heterocycles. The first-order chi connectivity index (χ1) is 10.2. The third kappa shape index (κ3) is 6.61. The maximum absolute atomic E-state index is 11.6. The quantitative estimate of drug-likeness (QED) is 0.227. The van der Waals surface area contributed by atoms with Crippen LogP contribution in [0.4, 0.5) is 0 Å². The second-order valence-corrected chi connectivity index (χ2v) is 5.16. The topological polar surface area (TPSA) is 152 Å². The van der Waals surface area contributed by atoms with Gasteiger partial charge in [-0.05, 0) is 6.42 Å². The van der Waals surface area contributed by atoms with Crippen LogP contribution in [0.2, 0.25) is 0 Å². The van der Waals surface area contributed by atoms with Gasteiger partial charge in [0.2, 0.25) is 11.6 Å². The maximum atomic E-state index is 11.6. The smallest absolute Gasteiger partial charge is 0.335 e. The average molecular weight is 320 g/mol. The van der Waals surface area contributed by atoms with Crippen molar-refractivity contribution >= 4 is 17.5 Å². The minimum atomic E-state index is -2.37. The van der Waals surface area contributed by atoms with Gasteiger partial charge in [-0.15, -0.1) is 0 Å². The number of carbonyl (C=O) groups is 3. The van der Waals surface area contributed by atoms with E-state index in [2.05, 4.69) is 0 Å². The zero-order valence-electron chi connectivity index (χ0n) is 12.5. The summed E-state index contributed by atoms with van der Waals surface area (Å²) in [6.45, 7) is 2.03. The van der Waals surface area contributed by atoms with Gasteiger partial charge in [-0.2, -0.15) is 0 Å². The van der Waals surface area contributed by atoms with Crippen molar-refractivity contribution in [2.75, 3.05) is 0 Å². The molecule has 8 heteroatoms. The van der Waals surface area contributed by atoms with Crippen molar-refractivity contribution in [2.45, 2.75) is 69.9 Å². The summed E-state index contributed by atoms with van der Waals surface area (Å²) in [4.78, 5) is 33.6. The number of carboxylic acid groups (broad SMARTS) is 1. The molecule has 128 valence electrons. The Morgan fingerprint density at radius 2 is 1.32 bits per heavy atom. The highest BCUT2D eigenvalue weighted by Crippen LogP contribution is 2.10. The van der Waals surface area contributed by atoms with Gasteiger partial charge < -0.3 is 25.5 Å². The van der Waals surface area contributed by atoms with E-state index in [1.54, 1.807) is 0 Å². The molecule has 0 bridgehead atoms. The summed E-state index contributed by atoms with van der Waals surface area (Å²) in [5.41, 5.74) is 0. The number of unbranched alkanes of at least 4 members (excludes halogenated alkanes) is 4. The van der Waals surface area contributed by atoms with Crippen molar-refractivity contribution in [3.63, 3.8) is 0 Å². The lowest BCUT2D eigenvalue weighted by molar-refractivity contribution is -0.166. The number of Topliss-reactive ketones (excluding diaryl/α,β-unsaturated/α-hetero) is 2. The Kier molecular flexibility index (Phi) is 9.75. The van der Waals surface area contributed by atoms with E-state index in [0.717, 1.165) is 25.7 Å². The second-order valence-electron chi connectivity index (χ2n) is 5.16. The Morgan fingerprint density at radius 3 is 1.82 bits per heavy atom. The normalized spacial score (nSPS) is 16.6. The van der Waals surface area contributed by atoms with E-state index in [9.17, 15) is 29.7 Å². The average Bonchev–Trinajstić information content (AvgIpc) is 2.50. The van der Waals surface area contributed by atoms with E-state index in [-0.39, 0.29) is 6.42 Å². The van der Waals surface area contributed by atoms with Crippen LogP contribution in [0.25, 0.3) is 0 Å². The van der Waals surface area contributed by atoms with E-state index in [0.29, 0.717) is 6.42 Å². The Bertz CT molecular complexity index is 381. The molecule has 8 nitrogen and oxygen atoms in total. The van der Waals surface area contributed by atoms with E-state index >= 15 is 0 Å². The van der Waals surface area contributed by atoms with Crippen LogP contribution in [0, 0.1) is 0 Å². The Balaban J connectivity index is 4.39. The fourth-order valence-corrected chi connectivity index (χ4v) is 1.85. The van der Waals surface area contributed by atoms with E-state index in [1.165, 1.54) is 0 Å². The molecule has 0 aliphatic rings. The molecular formula is C14H24O8. The van der Waals surface area contributed by atoms with Crippen LogP contribution in [-0.4, -0.2) is 67.5 Å². The predicted octanol–water partition coefficient (Wildman–Crippen LogP) is -0.987. The standard InChI is InChI=1S/C14H24O8/c1-2-3-4-5-6-7-8(15)9(16)10(17)11(18)12(19)13(20)14(21)22/h10-13,17-20H,2-7H2,1H3,(H,21,22). The lowest BCUT2D eigenvalue weighted by Crippen LogP contribution is -2.51. The summed E-state index contributed by atoms with van der Waals surface area (Å²) in [5.74, 6) is -4.03. The Morgan fingerprint density at radius 1 is 0.818 bits per heavy atom. The summed E-state index contributed by atoms with van der Waals surface area (Å²) in [6, 6.07) is 0. The largest absolute Gasteiger partial charge is 0.479 e. The first kappa shape index (κ1) is 20.6. The molecule has 0 heterocycles. The number of carbonyl (C=O) groups excluding carboxylic acids is 2. The highest BCUT2D eigenvalue weighted by Gasteiger charge is 2.38. The second kappa shape index (κ2) is 10.4. The number of aliphatic hydroxyl groups is 4. The van der Waals surface area contributed by atoms with Crippen LogP contribution >= 0.6 is 0 Å². The van der Waals surface area contributed by atoms with Crippen LogP contribution in [0.15, 0.2) is 0 Å². The SMILES string of the molecule is CCCCCCCC(=O)C(=O)C(O)C(O)C(O)C(O)C(=O)O. The fourth-order valence-electron chi connectivity index (χ4n) is 1.85. The highest BCUT2D eigenvalue weighted by molar-refractivity contribution is 6.38. The van der Waals surface area contributed by atoms with Crippen molar-refractivity contribution in [1.82, 2.24) is 0 Å². The molecule has 0 saturated carbocycles. The molecule has 0 aromatic carbocycles. The fraction of sp³-hybridized carbons (Fsp3) is 0.786. The molecule has 0 aliphatic carbocycles.